The summed E-state index contributed by atoms with van der Waals surface area (Å²) < 4.78 is 5.33. The van der Waals surface area contributed by atoms with Gasteiger partial charge in [0.15, 0.2) is 0 Å². The van der Waals surface area contributed by atoms with E-state index < -0.39 is 11.8 Å². The number of esters is 1. The van der Waals surface area contributed by atoms with E-state index in [-0.39, 0.29) is 0 Å². The van der Waals surface area contributed by atoms with Crippen LogP contribution in [0.3, 0.4) is 0 Å². The Kier molecular flexibility index (Phi) is 8.68. The smallest absolute Gasteiger partial charge is 0.335 e. The molecule has 0 aliphatic carbocycles. The lowest BCUT2D eigenvalue weighted by Gasteiger charge is -2.29. The van der Waals surface area contributed by atoms with Gasteiger partial charge in [0.05, 0.1) is 6.61 Å². The van der Waals surface area contributed by atoms with Gasteiger partial charge in [-0.15, -0.1) is 0 Å². The summed E-state index contributed by atoms with van der Waals surface area (Å²) in [6.07, 6.45) is 3.72. The summed E-state index contributed by atoms with van der Waals surface area (Å²) in [4.78, 5) is 22.1. The standard InChI is InChI=1S/C15H28O4/c1-7-8-9-10-17-19-15(6,11-12(2)3)18-14(16)13(4)5/h12H,4,7-11H2,1-3,5-6H3. The van der Waals surface area contributed by atoms with Crippen LogP contribution in [0.5, 0.6) is 0 Å². The Morgan fingerprint density at radius 2 is 1.95 bits per heavy atom. The molecule has 4 heteroatoms. The maximum absolute atomic E-state index is 11.6. The minimum atomic E-state index is -1.06. The van der Waals surface area contributed by atoms with Crippen molar-refractivity contribution in [1.29, 1.82) is 0 Å². The fraction of sp³-hybridized carbons (Fsp3) is 0.800. The molecule has 0 heterocycles. The van der Waals surface area contributed by atoms with Crippen LogP contribution in [0.2, 0.25) is 0 Å². The lowest BCUT2D eigenvalue weighted by atomic mass is 10.0. The third-order valence-electron chi connectivity index (χ3n) is 2.50. The zero-order valence-corrected chi connectivity index (χ0v) is 13.0. The summed E-state index contributed by atoms with van der Waals surface area (Å²) in [6.45, 7) is 13.6. The van der Waals surface area contributed by atoms with Gasteiger partial charge in [-0.3, -0.25) is 0 Å². The lowest BCUT2D eigenvalue weighted by molar-refractivity contribution is -0.416. The molecule has 0 aromatic rings. The maximum atomic E-state index is 11.6. The van der Waals surface area contributed by atoms with Gasteiger partial charge in [0, 0.05) is 18.9 Å². The van der Waals surface area contributed by atoms with Crippen LogP contribution in [0.15, 0.2) is 12.2 Å². The first-order valence-electron chi connectivity index (χ1n) is 7.00. The normalized spacial score (nSPS) is 14.2. The zero-order valence-electron chi connectivity index (χ0n) is 13.0. The second-order valence-electron chi connectivity index (χ2n) is 5.51. The van der Waals surface area contributed by atoms with E-state index >= 15 is 0 Å². The summed E-state index contributed by atoms with van der Waals surface area (Å²) in [5.74, 6) is -1.20. The molecule has 112 valence electrons. The monoisotopic (exact) mass is 272 g/mol. The Balaban J connectivity index is 4.34. The van der Waals surface area contributed by atoms with E-state index in [1.807, 2.05) is 13.8 Å². The van der Waals surface area contributed by atoms with Crippen LogP contribution in [-0.4, -0.2) is 18.4 Å². The van der Waals surface area contributed by atoms with Crippen molar-refractivity contribution in [3.8, 4) is 0 Å². The Hall–Kier alpha value is -0.870. The molecule has 4 nitrogen and oxygen atoms in total. The third-order valence-corrected chi connectivity index (χ3v) is 2.50. The largest absolute Gasteiger partial charge is 0.427 e. The number of rotatable bonds is 10. The van der Waals surface area contributed by atoms with Gasteiger partial charge in [-0.05, 0) is 19.3 Å². The first-order chi connectivity index (χ1) is 8.80. The van der Waals surface area contributed by atoms with E-state index in [1.54, 1.807) is 13.8 Å². The molecule has 19 heavy (non-hydrogen) atoms. The van der Waals surface area contributed by atoms with Crippen molar-refractivity contribution in [2.45, 2.75) is 66.1 Å². The van der Waals surface area contributed by atoms with Crippen molar-refractivity contribution in [2.24, 2.45) is 5.92 Å². The van der Waals surface area contributed by atoms with E-state index in [9.17, 15) is 4.79 Å². The average Bonchev–Trinajstić information content (AvgIpc) is 2.27. The molecule has 0 saturated heterocycles. The third kappa shape index (κ3) is 8.78. The van der Waals surface area contributed by atoms with Gasteiger partial charge in [-0.2, -0.15) is 4.89 Å². The van der Waals surface area contributed by atoms with Gasteiger partial charge in [-0.25, -0.2) is 9.68 Å². The number of unbranched alkanes of at least 4 members (excludes halogenated alkanes) is 2. The van der Waals surface area contributed by atoms with Crippen LogP contribution in [0.25, 0.3) is 0 Å². The first kappa shape index (κ1) is 18.1. The Morgan fingerprint density at radius 1 is 1.32 bits per heavy atom. The van der Waals surface area contributed by atoms with E-state index in [0.717, 1.165) is 19.3 Å². The van der Waals surface area contributed by atoms with Crippen LogP contribution < -0.4 is 0 Å². The molecule has 0 radical (unpaired) electrons. The van der Waals surface area contributed by atoms with Crippen LogP contribution in [0.4, 0.5) is 0 Å². The zero-order chi connectivity index (χ0) is 14.9. The van der Waals surface area contributed by atoms with E-state index in [2.05, 4.69) is 13.5 Å². The molecular weight excluding hydrogens is 244 g/mol. The summed E-state index contributed by atoms with van der Waals surface area (Å²) in [7, 11) is 0. The number of ether oxygens (including phenoxy) is 1. The van der Waals surface area contributed by atoms with Gasteiger partial charge in [0.25, 0.3) is 0 Å². The molecule has 0 aliphatic heterocycles. The minimum absolute atomic E-state index is 0.321. The van der Waals surface area contributed by atoms with Crippen LogP contribution >= 0.6 is 0 Å². The van der Waals surface area contributed by atoms with Gasteiger partial charge in [0.1, 0.15) is 0 Å². The van der Waals surface area contributed by atoms with Crippen LogP contribution in [0.1, 0.15) is 60.3 Å². The fourth-order valence-corrected chi connectivity index (χ4v) is 1.69. The molecule has 0 aromatic heterocycles. The average molecular weight is 272 g/mol. The van der Waals surface area contributed by atoms with Gasteiger partial charge < -0.3 is 4.74 Å². The molecule has 0 aliphatic rings. The quantitative estimate of drug-likeness (QED) is 0.150. The lowest BCUT2D eigenvalue weighted by Crippen LogP contribution is -2.36. The number of carbonyl (C=O) groups is 1. The van der Waals surface area contributed by atoms with Crippen molar-refractivity contribution in [3.63, 3.8) is 0 Å². The number of hydrogen-bond acceptors (Lipinski definition) is 4. The molecule has 0 bridgehead atoms. The van der Waals surface area contributed by atoms with Crippen molar-refractivity contribution in [1.82, 2.24) is 0 Å². The van der Waals surface area contributed by atoms with Crippen molar-refractivity contribution in [3.05, 3.63) is 12.2 Å². The molecule has 1 unspecified atom stereocenters. The predicted octanol–water partition coefficient (Wildman–Crippen LogP) is 4.01. The number of hydrogen-bond donors (Lipinski definition) is 0. The van der Waals surface area contributed by atoms with Crippen LogP contribution in [0, 0.1) is 5.92 Å². The van der Waals surface area contributed by atoms with E-state index in [4.69, 9.17) is 14.5 Å². The minimum Gasteiger partial charge on any atom is -0.427 e. The summed E-state index contributed by atoms with van der Waals surface area (Å²) >= 11 is 0. The molecular formula is C15H28O4. The highest BCUT2D eigenvalue weighted by molar-refractivity contribution is 5.87. The Labute approximate surface area is 117 Å². The highest BCUT2D eigenvalue weighted by Gasteiger charge is 2.32. The van der Waals surface area contributed by atoms with Crippen molar-refractivity contribution in [2.75, 3.05) is 6.61 Å². The molecule has 0 saturated carbocycles. The highest BCUT2D eigenvalue weighted by Crippen LogP contribution is 2.24. The van der Waals surface area contributed by atoms with E-state index in [1.165, 1.54) is 0 Å². The summed E-state index contributed by atoms with van der Waals surface area (Å²) in [5.41, 5.74) is 0.351. The van der Waals surface area contributed by atoms with Crippen molar-refractivity contribution < 1.29 is 19.3 Å². The second-order valence-corrected chi connectivity index (χ2v) is 5.51. The molecule has 0 spiro atoms. The molecule has 0 rings (SSSR count). The molecule has 0 amide bonds. The highest BCUT2D eigenvalue weighted by atomic mass is 17.2. The SMILES string of the molecule is C=C(C)C(=O)OC(C)(CC(C)C)OOCCCCC. The fourth-order valence-electron chi connectivity index (χ4n) is 1.69. The molecule has 0 aromatic carbocycles. The Morgan fingerprint density at radius 3 is 2.42 bits per heavy atom. The van der Waals surface area contributed by atoms with Gasteiger partial charge in [0.2, 0.25) is 5.79 Å². The van der Waals surface area contributed by atoms with E-state index in [0.29, 0.717) is 24.5 Å². The van der Waals surface area contributed by atoms with Crippen molar-refractivity contribution >= 4 is 5.97 Å². The second kappa shape index (κ2) is 9.10. The number of carbonyl (C=O) groups excluding carboxylic acids is 1. The Bertz CT molecular complexity index is 286. The molecule has 0 fully saturated rings. The maximum Gasteiger partial charge on any atom is 0.335 e. The summed E-state index contributed by atoms with van der Waals surface area (Å²) in [6, 6.07) is 0. The van der Waals surface area contributed by atoms with Crippen LogP contribution in [-0.2, 0) is 19.3 Å². The summed E-state index contributed by atoms with van der Waals surface area (Å²) in [5, 5.41) is 0. The first-order valence-corrected chi connectivity index (χ1v) is 7.00. The molecule has 1 atom stereocenters. The predicted molar refractivity (Wildman–Crippen MR) is 75.3 cm³/mol. The molecule has 0 N–H and O–H groups in total. The topological polar surface area (TPSA) is 44.8 Å². The van der Waals surface area contributed by atoms with Gasteiger partial charge >= 0.3 is 5.97 Å². The van der Waals surface area contributed by atoms with Gasteiger partial charge in [-0.1, -0.05) is 40.2 Å².